The number of nitrogens with two attached hydrogens (primary N) is 1. The zero-order chi connectivity index (χ0) is 13.8. The van der Waals surface area contributed by atoms with Crippen molar-refractivity contribution in [2.24, 2.45) is 12.8 Å². The van der Waals surface area contributed by atoms with Crippen LogP contribution in [0, 0.1) is 0 Å². The van der Waals surface area contributed by atoms with Gasteiger partial charge >= 0.3 is 5.97 Å². The molecule has 2 rings (SSSR count). The van der Waals surface area contributed by atoms with Crippen LogP contribution in [0.15, 0.2) is 12.4 Å². The standard InChI is InChI=1S/C11H16N6O2/c1-16-7-5-13-9(16)3-6-17-8(2-4-12)10(11(18)19)14-15-17/h5,7H,2-4,6,12H2,1H3,(H,18,19). The molecule has 102 valence electrons. The van der Waals surface area contributed by atoms with E-state index in [-0.39, 0.29) is 5.69 Å². The first-order valence-electron chi connectivity index (χ1n) is 5.95. The van der Waals surface area contributed by atoms with Crippen molar-refractivity contribution in [2.75, 3.05) is 6.54 Å². The Morgan fingerprint density at radius 1 is 1.47 bits per heavy atom. The summed E-state index contributed by atoms with van der Waals surface area (Å²) >= 11 is 0. The van der Waals surface area contributed by atoms with Gasteiger partial charge < -0.3 is 15.4 Å². The Hall–Kier alpha value is -2.22. The van der Waals surface area contributed by atoms with Crippen molar-refractivity contribution in [3.8, 4) is 0 Å². The quantitative estimate of drug-likeness (QED) is 0.724. The van der Waals surface area contributed by atoms with Gasteiger partial charge in [0.05, 0.1) is 12.2 Å². The van der Waals surface area contributed by atoms with Crippen LogP contribution in [0.25, 0.3) is 0 Å². The van der Waals surface area contributed by atoms with Gasteiger partial charge in [-0.05, 0) is 6.54 Å². The topological polar surface area (TPSA) is 112 Å². The molecule has 0 saturated carbocycles. The van der Waals surface area contributed by atoms with E-state index in [1.54, 1.807) is 10.9 Å². The second-order valence-corrected chi connectivity index (χ2v) is 4.16. The fourth-order valence-electron chi connectivity index (χ4n) is 1.91. The molecule has 8 heteroatoms. The maximum absolute atomic E-state index is 11.0. The third kappa shape index (κ3) is 2.79. The number of aromatic carboxylic acids is 1. The predicted octanol–water partition coefficient (Wildman–Crippen LogP) is -0.546. The Morgan fingerprint density at radius 2 is 2.26 bits per heavy atom. The molecule has 0 amide bonds. The lowest BCUT2D eigenvalue weighted by Crippen LogP contribution is -2.15. The van der Waals surface area contributed by atoms with E-state index in [1.807, 2.05) is 17.8 Å². The number of hydrogen-bond donors (Lipinski definition) is 2. The predicted molar refractivity (Wildman–Crippen MR) is 66.7 cm³/mol. The maximum atomic E-state index is 11.0. The average molecular weight is 264 g/mol. The van der Waals surface area contributed by atoms with Crippen LogP contribution in [0.5, 0.6) is 0 Å². The van der Waals surface area contributed by atoms with Crippen molar-refractivity contribution in [3.63, 3.8) is 0 Å². The minimum Gasteiger partial charge on any atom is -0.476 e. The first-order valence-corrected chi connectivity index (χ1v) is 5.95. The molecule has 2 heterocycles. The van der Waals surface area contributed by atoms with Crippen molar-refractivity contribution in [2.45, 2.75) is 19.4 Å². The molecule has 0 radical (unpaired) electrons. The number of imidazole rings is 1. The molecule has 0 aliphatic carbocycles. The van der Waals surface area contributed by atoms with Crippen molar-refractivity contribution < 1.29 is 9.90 Å². The van der Waals surface area contributed by atoms with E-state index < -0.39 is 5.97 Å². The van der Waals surface area contributed by atoms with Gasteiger partial charge in [-0.3, -0.25) is 0 Å². The molecular weight excluding hydrogens is 248 g/mol. The Labute approximate surface area is 109 Å². The Balaban J connectivity index is 2.16. The van der Waals surface area contributed by atoms with E-state index in [9.17, 15) is 4.79 Å². The van der Waals surface area contributed by atoms with Gasteiger partial charge in [0.2, 0.25) is 0 Å². The SMILES string of the molecule is Cn1ccnc1CCn1nnc(C(=O)O)c1CCN. The molecule has 0 saturated heterocycles. The lowest BCUT2D eigenvalue weighted by Gasteiger charge is -2.06. The Kier molecular flexibility index (Phi) is 3.91. The van der Waals surface area contributed by atoms with Crippen molar-refractivity contribution in [3.05, 3.63) is 29.6 Å². The largest absolute Gasteiger partial charge is 0.476 e. The van der Waals surface area contributed by atoms with Crippen molar-refractivity contribution in [1.82, 2.24) is 24.5 Å². The van der Waals surface area contributed by atoms with Crippen LogP contribution in [-0.2, 0) is 26.4 Å². The van der Waals surface area contributed by atoms with Crippen molar-refractivity contribution in [1.29, 1.82) is 0 Å². The molecule has 0 aliphatic heterocycles. The lowest BCUT2D eigenvalue weighted by molar-refractivity contribution is 0.0689. The molecule has 0 spiro atoms. The van der Waals surface area contributed by atoms with Crippen molar-refractivity contribution >= 4 is 5.97 Å². The second-order valence-electron chi connectivity index (χ2n) is 4.16. The smallest absolute Gasteiger partial charge is 0.358 e. The van der Waals surface area contributed by atoms with Crippen LogP contribution >= 0.6 is 0 Å². The first kappa shape index (κ1) is 13.2. The minimum absolute atomic E-state index is 0.0229. The highest BCUT2D eigenvalue weighted by molar-refractivity contribution is 5.86. The van der Waals surface area contributed by atoms with Crippen LogP contribution in [0.2, 0.25) is 0 Å². The van der Waals surface area contributed by atoms with E-state index >= 15 is 0 Å². The molecule has 0 bridgehead atoms. The molecule has 8 nitrogen and oxygen atoms in total. The third-order valence-electron chi connectivity index (χ3n) is 2.89. The number of aromatic nitrogens is 5. The highest BCUT2D eigenvalue weighted by Crippen LogP contribution is 2.08. The summed E-state index contributed by atoms with van der Waals surface area (Å²) in [7, 11) is 1.91. The second kappa shape index (κ2) is 5.61. The summed E-state index contributed by atoms with van der Waals surface area (Å²) in [5.74, 6) is -0.169. The Morgan fingerprint density at radius 3 is 2.84 bits per heavy atom. The normalized spacial score (nSPS) is 10.8. The highest BCUT2D eigenvalue weighted by Gasteiger charge is 2.18. The summed E-state index contributed by atoms with van der Waals surface area (Å²) in [6.45, 7) is 0.885. The first-order chi connectivity index (χ1) is 9.13. The molecule has 0 aromatic carbocycles. The molecule has 2 aromatic rings. The minimum atomic E-state index is -1.08. The third-order valence-corrected chi connectivity index (χ3v) is 2.89. The van der Waals surface area contributed by atoms with Gasteiger partial charge in [0.15, 0.2) is 5.69 Å². The van der Waals surface area contributed by atoms with Gasteiger partial charge in [0, 0.05) is 32.3 Å². The van der Waals surface area contributed by atoms with Gasteiger partial charge in [0.1, 0.15) is 5.82 Å². The monoisotopic (exact) mass is 264 g/mol. The van der Waals surface area contributed by atoms with Gasteiger partial charge in [-0.2, -0.15) is 0 Å². The van der Waals surface area contributed by atoms with E-state index in [4.69, 9.17) is 10.8 Å². The Bertz CT molecular complexity index is 574. The van der Waals surface area contributed by atoms with Gasteiger partial charge in [-0.1, -0.05) is 5.21 Å². The number of hydrogen-bond acceptors (Lipinski definition) is 5. The van der Waals surface area contributed by atoms with Gasteiger partial charge in [0.25, 0.3) is 0 Å². The molecule has 3 N–H and O–H groups in total. The molecule has 0 aliphatic rings. The summed E-state index contributed by atoms with van der Waals surface area (Å²) in [5.41, 5.74) is 6.03. The summed E-state index contributed by atoms with van der Waals surface area (Å²) in [6.07, 6.45) is 4.68. The summed E-state index contributed by atoms with van der Waals surface area (Å²) < 4.78 is 3.50. The number of carboxylic acids is 1. The number of carboxylic acid groups (broad SMARTS) is 1. The number of rotatable bonds is 6. The summed E-state index contributed by atoms with van der Waals surface area (Å²) in [5, 5.41) is 16.6. The number of aryl methyl sites for hydroxylation is 3. The molecule has 0 fully saturated rings. The van der Waals surface area contributed by atoms with E-state index in [0.29, 0.717) is 31.6 Å². The number of nitrogens with zero attached hydrogens (tertiary/aromatic N) is 5. The van der Waals surface area contributed by atoms with Gasteiger partial charge in [-0.15, -0.1) is 5.10 Å². The van der Waals surface area contributed by atoms with E-state index in [0.717, 1.165) is 5.82 Å². The van der Waals surface area contributed by atoms with Crippen LogP contribution in [-0.4, -0.2) is 42.2 Å². The van der Waals surface area contributed by atoms with Crippen LogP contribution < -0.4 is 5.73 Å². The summed E-state index contributed by atoms with van der Waals surface area (Å²) in [4.78, 5) is 15.2. The molecular formula is C11H16N6O2. The zero-order valence-corrected chi connectivity index (χ0v) is 10.7. The number of carbonyl (C=O) groups is 1. The fraction of sp³-hybridized carbons (Fsp3) is 0.455. The van der Waals surface area contributed by atoms with Gasteiger partial charge in [-0.25, -0.2) is 14.5 Å². The average Bonchev–Trinajstić information content (AvgIpc) is 2.94. The zero-order valence-electron chi connectivity index (χ0n) is 10.7. The lowest BCUT2D eigenvalue weighted by atomic mass is 10.2. The molecule has 0 atom stereocenters. The fourth-order valence-corrected chi connectivity index (χ4v) is 1.91. The van der Waals surface area contributed by atoms with Crippen LogP contribution in [0.3, 0.4) is 0 Å². The van der Waals surface area contributed by atoms with E-state index in [1.165, 1.54) is 0 Å². The molecule has 0 unspecified atom stereocenters. The van der Waals surface area contributed by atoms with Crippen LogP contribution in [0.4, 0.5) is 0 Å². The summed E-state index contributed by atoms with van der Waals surface area (Å²) in [6, 6.07) is 0. The van der Waals surface area contributed by atoms with Crippen LogP contribution in [0.1, 0.15) is 22.0 Å². The molecule has 19 heavy (non-hydrogen) atoms. The molecule has 2 aromatic heterocycles. The highest BCUT2D eigenvalue weighted by atomic mass is 16.4. The maximum Gasteiger partial charge on any atom is 0.358 e. The van der Waals surface area contributed by atoms with E-state index in [2.05, 4.69) is 15.3 Å².